The first-order valence-corrected chi connectivity index (χ1v) is 20.2. The Morgan fingerprint density at radius 3 is 1.91 bits per heavy atom. The highest BCUT2D eigenvalue weighted by Gasteiger charge is 2.24. The van der Waals surface area contributed by atoms with Crippen molar-refractivity contribution in [3.63, 3.8) is 0 Å². The molecule has 0 aliphatic heterocycles. The van der Waals surface area contributed by atoms with Gasteiger partial charge in [-0.15, -0.1) is 11.3 Å². The summed E-state index contributed by atoms with van der Waals surface area (Å²) in [5.41, 5.74) is 10.2. The number of furan rings is 1. The highest BCUT2D eigenvalue weighted by atomic mass is 32.1. The molecule has 0 radical (unpaired) electrons. The predicted octanol–water partition coefficient (Wildman–Crippen LogP) is 14.4. The highest BCUT2D eigenvalue weighted by molar-refractivity contribution is 7.26. The molecule has 0 bridgehead atoms. The van der Waals surface area contributed by atoms with Gasteiger partial charge in [0, 0.05) is 69.8 Å². The number of aromatic nitrogens is 4. The van der Waals surface area contributed by atoms with Crippen molar-refractivity contribution < 1.29 is 4.42 Å². The zero-order valence-electron chi connectivity index (χ0n) is 31.6. The standard InChI is InChI=1S/C52H34N4OS/c1-3-17-39-43(4-2)57-44-28-29-45-47(46(39)44)40-30-35(56-42-27-15-14-24-37(42)38-26-16-25-36(48(38)56)32-18-8-5-9-19-32)31-41(49(40)58-45)52-54-50(33-20-10-6-11-21-33)53-51(55-52)34-22-12-7-13-23-34/h3-31H,2H2,1H3/b17-3-. The topological polar surface area (TPSA) is 56.7 Å². The van der Waals surface area contributed by atoms with Crippen molar-refractivity contribution in [1.82, 2.24) is 19.5 Å². The van der Waals surface area contributed by atoms with Crippen LogP contribution in [0.25, 0.3) is 116 Å². The normalized spacial score (nSPS) is 11.9. The lowest BCUT2D eigenvalue weighted by atomic mass is 10.0. The van der Waals surface area contributed by atoms with Gasteiger partial charge in [-0.05, 0) is 48.9 Å². The summed E-state index contributed by atoms with van der Waals surface area (Å²) >= 11 is 1.76. The summed E-state index contributed by atoms with van der Waals surface area (Å²) in [6, 6.07) is 55.2. The molecule has 6 heteroatoms. The van der Waals surface area contributed by atoms with Crippen molar-refractivity contribution in [3.05, 3.63) is 182 Å². The second-order valence-corrected chi connectivity index (χ2v) is 15.4. The maximum atomic E-state index is 6.45. The van der Waals surface area contributed by atoms with Gasteiger partial charge in [0.05, 0.1) is 11.0 Å². The van der Waals surface area contributed by atoms with Crippen LogP contribution in [-0.4, -0.2) is 19.5 Å². The number of nitrogens with zero attached hydrogens (tertiary/aromatic N) is 4. The van der Waals surface area contributed by atoms with Crippen LogP contribution in [0.4, 0.5) is 0 Å². The average Bonchev–Trinajstić information content (AvgIpc) is 3.96. The minimum Gasteiger partial charge on any atom is -0.456 e. The van der Waals surface area contributed by atoms with E-state index in [0.717, 1.165) is 87.0 Å². The van der Waals surface area contributed by atoms with Gasteiger partial charge >= 0.3 is 0 Å². The van der Waals surface area contributed by atoms with Crippen LogP contribution in [0, 0.1) is 0 Å². The van der Waals surface area contributed by atoms with E-state index in [0.29, 0.717) is 17.5 Å². The molecule has 11 rings (SSSR count). The lowest BCUT2D eigenvalue weighted by Gasteiger charge is -2.15. The van der Waals surface area contributed by atoms with Crippen molar-refractivity contribution >= 4 is 76.4 Å². The van der Waals surface area contributed by atoms with E-state index in [-0.39, 0.29) is 0 Å². The van der Waals surface area contributed by atoms with Gasteiger partial charge in [-0.25, -0.2) is 15.0 Å². The van der Waals surface area contributed by atoms with E-state index in [4.69, 9.17) is 19.4 Å². The molecule has 0 amide bonds. The molecule has 0 spiro atoms. The Morgan fingerprint density at radius 2 is 1.22 bits per heavy atom. The molecule has 274 valence electrons. The maximum absolute atomic E-state index is 6.45. The second kappa shape index (κ2) is 13.7. The van der Waals surface area contributed by atoms with Crippen molar-refractivity contribution in [2.45, 2.75) is 6.92 Å². The minimum atomic E-state index is 0.610. The quantitative estimate of drug-likeness (QED) is 0.162. The highest BCUT2D eigenvalue weighted by Crippen LogP contribution is 2.47. The van der Waals surface area contributed by atoms with Gasteiger partial charge in [0.15, 0.2) is 17.5 Å². The van der Waals surface area contributed by atoms with E-state index in [1.807, 2.05) is 43.3 Å². The Morgan fingerprint density at radius 1 is 0.586 bits per heavy atom. The minimum absolute atomic E-state index is 0.610. The van der Waals surface area contributed by atoms with Crippen LogP contribution in [0.2, 0.25) is 0 Å². The summed E-state index contributed by atoms with van der Waals surface area (Å²) < 4.78 is 11.1. The predicted molar refractivity (Wildman–Crippen MR) is 243 cm³/mol. The summed E-state index contributed by atoms with van der Waals surface area (Å²) in [6.07, 6.45) is 5.99. The zero-order valence-corrected chi connectivity index (χ0v) is 32.4. The van der Waals surface area contributed by atoms with Gasteiger partial charge in [-0.3, -0.25) is 0 Å². The van der Waals surface area contributed by atoms with Crippen molar-refractivity contribution in [3.8, 4) is 51.0 Å². The van der Waals surface area contributed by atoms with Crippen LogP contribution in [0.5, 0.6) is 0 Å². The zero-order chi connectivity index (χ0) is 38.7. The van der Waals surface area contributed by atoms with Gasteiger partial charge in [0.1, 0.15) is 11.3 Å². The summed E-state index contributed by atoms with van der Waals surface area (Å²) in [5.74, 6) is 2.61. The monoisotopic (exact) mass is 762 g/mol. The third-order valence-electron chi connectivity index (χ3n) is 10.9. The molecule has 11 aromatic rings. The van der Waals surface area contributed by atoms with Gasteiger partial charge in [-0.2, -0.15) is 0 Å². The molecule has 0 fully saturated rings. The number of thiophene rings is 1. The molecule has 0 atom stereocenters. The van der Waals surface area contributed by atoms with Crippen LogP contribution >= 0.6 is 11.3 Å². The third-order valence-corrected chi connectivity index (χ3v) is 12.1. The second-order valence-electron chi connectivity index (χ2n) is 14.3. The van der Waals surface area contributed by atoms with E-state index in [1.165, 1.54) is 10.8 Å². The molecule has 0 unspecified atom stereocenters. The molecule has 58 heavy (non-hydrogen) atoms. The number of para-hydroxylation sites is 2. The number of fused-ring (bicyclic) bond motifs is 8. The molecule has 5 nitrogen and oxygen atoms in total. The summed E-state index contributed by atoms with van der Waals surface area (Å²) in [4.78, 5) is 15.6. The van der Waals surface area contributed by atoms with Crippen LogP contribution in [-0.2, 0) is 0 Å². The Bertz CT molecular complexity index is 3360. The molecule has 0 N–H and O–H groups in total. The van der Waals surface area contributed by atoms with Gasteiger partial charge in [0.25, 0.3) is 0 Å². The summed E-state index contributed by atoms with van der Waals surface area (Å²) in [6.45, 7) is 6.14. The Labute approximate surface area is 338 Å². The van der Waals surface area contributed by atoms with Crippen LogP contribution in [0.3, 0.4) is 0 Å². The molecule has 4 aromatic heterocycles. The average molecular weight is 763 g/mol. The molecule has 0 aliphatic rings. The largest absolute Gasteiger partial charge is 0.456 e. The number of allylic oxidation sites excluding steroid dienone is 1. The number of rotatable bonds is 7. The fourth-order valence-corrected chi connectivity index (χ4v) is 9.63. The van der Waals surface area contributed by atoms with E-state index in [9.17, 15) is 0 Å². The fourth-order valence-electron chi connectivity index (χ4n) is 8.43. The lowest BCUT2D eigenvalue weighted by molar-refractivity contribution is 0.604. The van der Waals surface area contributed by atoms with E-state index >= 15 is 0 Å². The summed E-state index contributed by atoms with van der Waals surface area (Å²) in [5, 5.41) is 5.68. The Kier molecular flexibility index (Phi) is 7.98. The maximum Gasteiger partial charge on any atom is 0.165 e. The molecular formula is C52H34N4OS. The molecule has 7 aromatic carbocycles. The van der Waals surface area contributed by atoms with Crippen LogP contribution < -0.4 is 0 Å². The Balaban J connectivity index is 1.32. The number of hydrogen-bond donors (Lipinski definition) is 0. The molecule has 0 saturated carbocycles. The first kappa shape index (κ1) is 33.9. The lowest BCUT2D eigenvalue weighted by Crippen LogP contribution is -2.01. The number of benzene rings is 7. The molecule has 0 saturated heterocycles. The Hall–Kier alpha value is -7.41. The van der Waals surface area contributed by atoms with Gasteiger partial charge in [0.2, 0.25) is 0 Å². The third kappa shape index (κ3) is 5.34. The molecular weight excluding hydrogens is 729 g/mol. The molecule has 4 heterocycles. The van der Waals surface area contributed by atoms with E-state index < -0.39 is 0 Å². The smallest absolute Gasteiger partial charge is 0.165 e. The van der Waals surface area contributed by atoms with Gasteiger partial charge in [-0.1, -0.05) is 146 Å². The SMILES string of the molecule is C=Cc1oc2ccc3sc4c(-c5nc(-c6ccccc6)nc(-c6ccccc6)n5)cc(-n5c6ccccc6c6cccc(-c7ccccc7)c65)cc4c3c2c1/C=C\C. The number of hydrogen-bond acceptors (Lipinski definition) is 5. The van der Waals surface area contributed by atoms with Crippen molar-refractivity contribution in [2.24, 2.45) is 0 Å². The van der Waals surface area contributed by atoms with Crippen molar-refractivity contribution in [1.29, 1.82) is 0 Å². The van der Waals surface area contributed by atoms with Crippen molar-refractivity contribution in [2.75, 3.05) is 0 Å². The summed E-state index contributed by atoms with van der Waals surface area (Å²) in [7, 11) is 0. The molecule has 0 aliphatic carbocycles. The van der Waals surface area contributed by atoms with Crippen LogP contribution in [0.15, 0.2) is 175 Å². The first-order valence-electron chi connectivity index (χ1n) is 19.3. The van der Waals surface area contributed by atoms with Crippen LogP contribution in [0.1, 0.15) is 18.2 Å². The van der Waals surface area contributed by atoms with Gasteiger partial charge < -0.3 is 8.98 Å². The van der Waals surface area contributed by atoms with E-state index in [2.05, 4.69) is 145 Å². The van der Waals surface area contributed by atoms with E-state index in [1.54, 1.807) is 17.4 Å². The fraction of sp³-hybridized carbons (Fsp3) is 0.0192. The first-order chi connectivity index (χ1) is 28.7.